The Balaban J connectivity index is 1.51. The Kier molecular flexibility index (Phi) is 9.12. The summed E-state index contributed by atoms with van der Waals surface area (Å²) in [7, 11) is 0. The number of hydrogen-bond acceptors (Lipinski definition) is 6. The number of fused-ring (bicyclic) bond motifs is 1. The number of thiazole rings is 1. The molecule has 188 valence electrons. The summed E-state index contributed by atoms with van der Waals surface area (Å²) in [6.45, 7) is 12.1. The number of hydrogen-bond donors (Lipinski definition) is 0. The highest BCUT2D eigenvalue weighted by Crippen LogP contribution is 2.33. The van der Waals surface area contributed by atoms with E-state index in [2.05, 4.69) is 37.8 Å². The Morgan fingerprint density at radius 1 is 1.11 bits per heavy atom. The van der Waals surface area contributed by atoms with Gasteiger partial charge in [-0.15, -0.1) is 0 Å². The Morgan fingerprint density at radius 3 is 2.63 bits per heavy atom. The lowest BCUT2D eigenvalue weighted by atomic mass is 10.1. The van der Waals surface area contributed by atoms with Crippen LogP contribution >= 0.6 is 11.3 Å². The summed E-state index contributed by atoms with van der Waals surface area (Å²) in [6.07, 6.45) is 4.27. The van der Waals surface area contributed by atoms with Crippen LogP contribution in [0.15, 0.2) is 36.4 Å². The number of carbonyl (C=O) groups excluding carboxylic acids is 1. The number of aromatic nitrogens is 1. The maximum absolute atomic E-state index is 13.7. The highest BCUT2D eigenvalue weighted by molar-refractivity contribution is 7.22. The van der Waals surface area contributed by atoms with E-state index in [-0.39, 0.29) is 5.91 Å². The van der Waals surface area contributed by atoms with Crippen molar-refractivity contribution in [3.05, 3.63) is 53.1 Å². The third-order valence-electron chi connectivity index (χ3n) is 6.36. The number of benzene rings is 2. The third-order valence-corrected chi connectivity index (χ3v) is 7.59. The van der Waals surface area contributed by atoms with Crippen molar-refractivity contribution in [1.82, 2.24) is 9.88 Å². The summed E-state index contributed by atoms with van der Waals surface area (Å²) in [4.78, 5) is 22.8. The Labute approximate surface area is 212 Å². The number of morpholine rings is 1. The van der Waals surface area contributed by atoms with E-state index >= 15 is 0 Å². The largest absolute Gasteiger partial charge is 0.494 e. The van der Waals surface area contributed by atoms with Crippen LogP contribution in [0.4, 0.5) is 5.13 Å². The smallest absolute Gasteiger partial charge is 0.260 e. The highest BCUT2D eigenvalue weighted by Gasteiger charge is 2.22. The Bertz CT molecular complexity index is 1110. The molecule has 0 bridgehead atoms. The van der Waals surface area contributed by atoms with Crippen LogP contribution < -0.4 is 9.64 Å². The molecule has 0 N–H and O–H groups in total. The molecule has 7 heteroatoms. The minimum absolute atomic E-state index is 0.0158. The molecule has 0 radical (unpaired) electrons. The van der Waals surface area contributed by atoms with Crippen LogP contribution in [0.25, 0.3) is 10.2 Å². The average molecular weight is 496 g/mol. The Morgan fingerprint density at radius 2 is 1.89 bits per heavy atom. The lowest BCUT2D eigenvalue weighted by molar-refractivity contribution is 0.0376. The van der Waals surface area contributed by atoms with Gasteiger partial charge in [-0.3, -0.25) is 14.6 Å². The second-order valence-electron chi connectivity index (χ2n) is 9.27. The molecular weight excluding hydrogens is 458 g/mol. The molecule has 3 aromatic rings. The van der Waals surface area contributed by atoms with Gasteiger partial charge in [-0.1, -0.05) is 37.2 Å². The molecule has 0 atom stereocenters. The van der Waals surface area contributed by atoms with E-state index in [0.717, 1.165) is 73.2 Å². The van der Waals surface area contributed by atoms with Crippen LogP contribution in [-0.4, -0.2) is 61.8 Å². The lowest BCUT2D eigenvalue weighted by Crippen LogP contribution is -2.39. The predicted octanol–water partition coefficient (Wildman–Crippen LogP) is 5.85. The molecule has 1 aromatic heterocycles. The minimum atomic E-state index is -0.0158. The number of anilines is 1. The molecule has 0 aliphatic carbocycles. The van der Waals surface area contributed by atoms with Crippen molar-refractivity contribution in [3.8, 4) is 5.75 Å². The van der Waals surface area contributed by atoms with Crippen molar-refractivity contribution in [2.45, 2.75) is 46.5 Å². The lowest BCUT2D eigenvalue weighted by Gasteiger charge is -2.27. The van der Waals surface area contributed by atoms with Crippen LogP contribution in [0.5, 0.6) is 5.75 Å². The van der Waals surface area contributed by atoms with Crippen molar-refractivity contribution in [3.63, 3.8) is 0 Å². The van der Waals surface area contributed by atoms with Crippen molar-refractivity contribution in [1.29, 1.82) is 0 Å². The number of rotatable bonds is 11. The van der Waals surface area contributed by atoms with Gasteiger partial charge in [-0.25, -0.2) is 4.98 Å². The maximum Gasteiger partial charge on any atom is 0.260 e. The fraction of sp³-hybridized carbons (Fsp3) is 0.500. The number of unbranched alkanes of at least 4 members (excludes halogenated alkanes) is 2. The van der Waals surface area contributed by atoms with Gasteiger partial charge >= 0.3 is 0 Å². The Hall–Kier alpha value is -2.48. The first-order valence-electron chi connectivity index (χ1n) is 12.8. The first kappa shape index (κ1) is 25.6. The molecule has 1 aliphatic heterocycles. The summed E-state index contributed by atoms with van der Waals surface area (Å²) >= 11 is 1.60. The first-order valence-corrected chi connectivity index (χ1v) is 13.6. The fourth-order valence-electron chi connectivity index (χ4n) is 4.43. The molecule has 1 fully saturated rings. The monoisotopic (exact) mass is 495 g/mol. The quantitative estimate of drug-likeness (QED) is 0.312. The zero-order valence-electron chi connectivity index (χ0n) is 21.2. The standard InChI is InChI=1S/C28H37N3O3S/c1-4-5-6-16-34-24-10-8-23(9-11-24)27(32)31(13-7-12-30-14-17-33-18-15-30)28-29-25-20-21(2)19-22(3)26(25)35-28/h8-11,19-20H,4-7,12-18H2,1-3H3. The highest BCUT2D eigenvalue weighted by atomic mass is 32.1. The molecule has 0 saturated carbocycles. The zero-order chi connectivity index (χ0) is 24.6. The predicted molar refractivity (Wildman–Crippen MR) is 144 cm³/mol. The molecule has 0 spiro atoms. The van der Waals surface area contributed by atoms with Crippen LogP contribution in [0.3, 0.4) is 0 Å². The van der Waals surface area contributed by atoms with Gasteiger partial charge in [0, 0.05) is 31.7 Å². The number of amides is 1. The summed E-state index contributed by atoms with van der Waals surface area (Å²) in [6, 6.07) is 11.8. The molecular formula is C28H37N3O3S. The summed E-state index contributed by atoms with van der Waals surface area (Å²) in [5.74, 6) is 0.792. The van der Waals surface area contributed by atoms with Gasteiger partial charge < -0.3 is 9.47 Å². The SMILES string of the molecule is CCCCCOc1ccc(C(=O)N(CCCN2CCOCC2)c2nc3cc(C)cc(C)c3s2)cc1. The number of nitrogens with zero attached hydrogens (tertiary/aromatic N) is 3. The van der Waals surface area contributed by atoms with Gasteiger partial charge in [0.15, 0.2) is 5.13 Å². The zero-order valence-corrected chi connectivity index (χ0v) is 22.0. The van der Waals surface area contributed by atoms with Crippen molar-refractivity contribution in [2.75, 3.05) is 50.9 Å². The molecule has 2 aromatic carbocycles. The van der Waals surface area contributed by atoms with E-state index in [1.54, 1.807) is 11.3 Å². The molecule has 2 heterocycles. The number of ether oxygens (including phenoxy) is 2. The maximum atomic E-state index is 13.7. The summed E-state index contributed by atoms with van der Waals surface area (Å²) < 4.78 is 12.4. The van der Waals surface area contributed by atoms with E-state index in [1.807, 2.05) is 29.2 Å². The van der Waals surface area contributed by atoms with E-state index in [1.165, 1.54) is 17.5 Å². The van der Waals surface area contributed by atoms with Gasteiger partial charge in [-0.05, 0) is 68.1 Å². The second kappa shape index (κ2) is 12.5. The van der Waals surface area contributed by atoms with Gasteiger partial charge in [0.05, 0.1) is 30.0 Å². The van der Waals surface area contributed by atoms with E-state index in [9.17, 15) is 4.79 Å². The van der Waals surface area contributed by atoms with E-state index in [4.69, 9.17) is 14.5 Å². The minimum Gasteiger partial charge on any atom is -0.494 e. The fourth-order valence-corrected chi connectivity index (χ4v) is 5.47. The van der Waals surface area contributed by atoms with Gasteiger partial charge in [0.25, 0.3) is 5.91 Å². The molecule has 0 unspecified atom stereocenters. The van der Waals surface area contributed by atoms with Crippen molar-refractivity contribution < 1.29 is 14.3 Å². The van der Waals surface area contributed by atoms with Gasteiger partial charge in [0.1, 0.15) is 5.75 Å². The van der Waals surface area contributed by atoms with Crippen LogP contribution in [0.1, 0.15) is 54.1 Å². The average Bonchev–Trinajstić information content (AvgIpc) is 3.29. The number of carbonyl (C=O) groups is 1. The first-order chi connectivity index (χ1) is 17.0. The van der Waals surface area contributed by atoms with Crippen LogP contribution in [0, 0.1) is 13.8 Å². The van der Waals surface area contributed by atoms with Gasteiger partial charge in [-0.2, -0.15) is 0 Å². The summed E-state index contributed by atoms with van der Waals surface area (Å²) in [5, 5.41) is 0.764. The van der Waals surface area contributed by atoms with Crippen LogP contribution in [-0.2, 0) is 4.74 Å². The van der Waals surface area contributed by atoms with Crippen molar-refractivity contribution >= 4 is 32.6 Å². The molecule has 6 nitrogen and oxygen atoms in total. The van der Waals surface area contributed by atoms with Crippen LogP contribution in [0.2, 0.25) is 0 Å². The summed E-state index contributed by atoms with van der Waals surface area (Å²) in [5.41, 5.74) is 4.01. The van der Waals surface area contributed by atoms with E-state index < -0.39 is 0 Å². The third kappa shape index (κ3) is 6.81. The second-order valence-corrected chi connectivity index (χ2v) is 10.2. The number of aryl methyl sites for hydroxylation is 2. The molecule has 1 aliphatic rings. The van der Waals surface area contributed by atoms with Crippen molar-refractivity contribution in [2.24, 2.45) is 0 Å². The van der Waals surface area contributed by atoms with Gasteiger partial charge in [0.2, 0.25) is 0 Å². The topological polar surface area (TPSA) is 54.9 Å². The molecule has 35 heavy (non-hydrogen) atoms. The molecule has 1 saturated heterocycles. The van der Waals surface area contributed by atoms with E-state index in [0.29, 0.717) is 18.7 Å². The molecule has 1 amide bonds. The molecule has 4 rings (SSSR count). The normalized spacial score (nSPS) is 14.4.